The van der Waals surface area contributed by atoms with Gasteiger partial charge < -0.3 is 16.2 Å². The lowest BCUT2D eigenvalue weighted by molar-refractivity contribution is -0.120. The van der Waals surface area contributed by atoms with Crippen molar-refractivity contribution in [2.45, 2.75) is 26.4 Å². The number of anilines is 1. The zero-order chi connectivity index (χ0) is 20.5. The standard InChI is InChI=1S/C21H22N6O2/c1-12-17(13(2)27-21(24-12)25-20(22)26-27)10-19(29)23-11-18(28)16-8-7-14-5-3-4-6-15(14)9-16/h3-9,18,28H,10-11H2,1-2H3,(H2,22,26)(H,23,29). The molecule has 0 fully saturated rings. The highest BCUT2D eigenvalue weighted by Gasteiger charge is 2.16. The minimum atomic E-state index is -0.790. The third-order valence-electron chi connectivity index (χ3n) is 5.05. The molecule has 148 valence electrons. The Balaban J connectivity index is 1.45. The number of nitrogens with two attached hydrogens (primary N) is 1. The van der Waals surface area contributed by atoms with E-state index in [1.54, 1.807) is 0 Å². The van der Waals surface area contributed by atoms with Gasteiger partial charge in [-0.1, -0.05) is 36.4 Å². The number of aromatic nitrogens is 4. The molecule has 2 aromatic heterocycles. The average Bonchev–Trinajstić information content (AvgIpc) is 3.09. The quantitative estimate of drug-likeness (QED) is 0.479. The molecular weight excluding hydrogens is 368 g/mol. The van der Waals surface area contributed by atoms with Gasteiger partial charge in [0.15, 0.2) is 0 Å². The highest BCUT2D eigenvalue weighted by molar-refractivity contribution is 5.83. The van der Waals surface area contributed by atoms with Gasteiger partial charge in [0.1, 0.15) is 0 Å². The Bertz CT molecular complexity index is 1220. The normalized spacial score (nSPS) is 12.4. The van der Waals surface area contributed by atoms with E-state index in [9.17, 15) is 9.90 Å². The Morgan fingerprint density at radius 2 is 1.93 bits per heavy atom. The average molecular weight is 390 g/mol. The molecule has 0 saturated carbocycles. The van der Waals surface area contributed by atoms with Crippen molar-refractivity contribution in [1.82, 2.24) is 24.9 Å². The number of rotatable bonds is 5. The summed E-state index contributed by atoms with van der Waals surface area (Å²) in [6.07, 6.45) is -0.661. The summed E-state index contributed by atoms with van der Waals surface area (Å²) in [5.74, 6) is 0.346. The second-order valence-electron chi connectivity index (χ2n) is 7.05. The molecule has 0 aliphatic heterocycles. The number of fused-ring (bicyclic) bond motifs is 2. The van der Waals surface area contributed by atoms with E-state index < -0.39 is 6.10 Å². The summed E-state index contributed by atoms with van der Waals surface area (Å²) >= 11 is 0. The maximum Gasteiger partial charge on any atom is 0.254 e. The zero-order valence-corrected chi connectivity index (χ0v) is 16.3. The van der Waals surface area contributed by atoms with Crippen LogP contribution in [0.1, 0.15) is 28.6 Å². The van der Waals surface area contributed by atoms with Crippen LogP contribution in [-0.4, -0.2) is 37.1 Å². The van der Waals surface area contributed by atoms with Crippen LogP contribution in [0.4, 0.5) is 5.95 Å². The Morgan fingerprint density at radius 3 is 2.72 bits per heavy atom. The van der Waals surface area contributed by atoms with E-state index in [0.29, 0.717) is 11.5 Å². The smallest absolute Gasteiger partial charge is 0.254 e. The molecule has 0 aliphatic rings. The number of nitrogen functional groups attached to an aromatic ring is 1. The SMILES string of the molecule is Cc1nc2nc(N)nn2c(C)c1CC(=O)NCC(O)c1ccc2ccccc2c1. The van der Waals surface area contributed by atoms with Crippen LogP contribution in [-0.2, 0) is 11.2 Å². The molecule has 1 atom stereocenters. The molecule has 0 aliphatic carbocycles. The van der Waals surface area contributed by atoms with Gasteiger partial charge in [0, 0.05) is 23.5 Å². The number of hydrogen-bond donors (Lipinski definition) is 3. The summed E-state index contributed by atoms with van der Waals surface area (Å²) < 4.78 is 1.54. The van der Waals surface area contributed by atoms with Crippen LogP contribution in [0.25, 0.3) is 16.6 Å². The fraction of sp³-hybridized carbons (Fsp3) is 0.238. The molecule has 8 heteroatoms. The Hall–Kier alpha value is -3.52. The second kappa shape index (κ2) is 7.48. The van der Waals surface area contributed by atoms with E-state index in [-0.39, 0.29) is 24.8 Å². The zero-order valence-electron chi connectivity index (χ0n) is 16.3. The minimum absolute atomic E-state index is 0.126. The van der Waals surface area contributed by atoms with Crippen molar-refractivity contribution >= 4 is 28.4 Å². The Morgan fingerprint density at radius 1 is 1.17 bits per heavy atom. The number of aliphatic hydroxyl groups excluding tert-OH is 1. The highest BCUT2D eigenvalue weighted by Crippen LogP contribution is 2.20. The number of hydrogen-bond acceptors (Lipinski definition) is 6. The van der Waals surface area contributed by atoms with Gasteiger partial charge >= 0.3 is 0 Å². The number of aliphatic hydroxyl groups is 1. The summed E-state index contributed by atoms with van der Waals surface area (Å²) in [5, 5.41) is 19.5. The van der Waals surface area contributed by atoms with E-state index in [1.165, 1.54) is 4.52 Å². The van der Waals surface area contributed by atoms with Gasteiger partial charge in [-0.3, -0.25) is 4.79 Å². The van der Waals surface area contributed by atoms with Gasteiger partial charge in [0.25, 0.3) is 5.78 Å². The maximum atomic E-state index is 12.5. The largest absolute Gasteiger partial charge is 0.387 e. The summed E-state index contributed by atoms with van der Waals surface area (Å²) in [6, 6.07) is 13.7. The fourth-order valence-corrected chi connectivity index (χ4v) is 3.45. The molecule has 1 amide bonds. The first-order chi connectivity index (χ1) is 13.9. The van der Waals surface area contributed by atoms with Crippen LogP contribution in [0.2, 0.25) is 0 Å². The third kappa shape index (κ3) is 3.74. The number of benzene rings is 2. The second-order valence-corrected chi connectivity index (χ2v) is 7.05. The summed E-state index contributed by atoms with van der Waals surface area (Å²) in [7, 11) is 0. The number of aryl methyl sites for hydroxylation is 2. The van der Waals surface area contributed by atoms with Gasteiger partial charge in [-0.2, -0.15) is 9.50 Å². The first-order valence-electron chi connectivity index (χ1n) is 9.34. The van der Waals surface area contributed by atoms with E-state index >= 15 is 0 Å². The van der Waals surface area contributed by atoms with Crippen LogP contribution in [0.15, 0.2) is 42.5 Å². The van der Waals surface area contributed by atoms with Crippen molar-refractivity contribution in [3.05, 3.63) is 65.0 Å². The lowest BCUT2D eigenvalue weighted by atomic mass is 10.0. The molecule has 1 unspecified atom stereocenters. The first kappa shape index (κ1) is 18.8. The molecule has 8 nitrogen and oxygen atoms in total. The molecule has 0 spiro atoms. The molecule has 4 rings (SSSR count). The van der Waals surface area contributed by atoms with Crippen molar-refractivity contribution in [2.75, 3.05) is 12.3 Å². The Kier molecular flexibility index (Phi) is 4.85. The van der Waals surface area contributed by atoms with Gasteiger partial charge in [-0.05, 0) is 36.2 Å². The molecule has 29 heavy (non-hydrogen) atoms. The topological polar surface area (TPSA) is 118 Å². The van der Waals surface area contributed by atoms with Crippen molar-refractivity contribution in [3.63, 3.8) is 0 Å². The van der Waals surface area contributed by atoms with Crippen LogP contribution < -0.4 is 11.1 Å². The molecule has 0 bridgehead atoms. The van der Waals surface area contributed by atoms with Crippen molar-refractivity contribution in [3.8, 4) is 0 Å². The van der Waals surface area contributed by atoms with Crippen molar-refractivity contribution < 1.29 is 9.90 Å². The molecule has 2 heterocycles. The van der Waals surface area contributed by atoms with Crippen LogP contribution in [0.3, 0.4) is 0 Å². The molecular formula is C21H22N6O2. The summed E-state index contributed by atoms with van der Waals surface area (Å²) in [5.41, 5.74) is 8.63. The van der Waals surface area contributed by atoms with Gasteiger partial charge in [0.2, 0.25) is 11.9 Å². The predicted molar refractivity (Wildman–Crippen MR) is 110 cm³/mol. The minimum Gasteiger partial charge on any atom is -0.387 e. The lowest BCUT2D eigenvalue weighted by Gasteiger charge is -2.14. The molecule has 0 saturated heterocycles. The maximum absolute atomic E-state index is 12.5. The summed E-state index contributed by atoms with van der Waals surface area (Å²) in [4.78, 5) is 20.9. The van der Waals surface area contributed by atoms with Crippen molar-refractivity contribution in [2.24, 2.45) is 0 Å². The van der Waals surface area contributed by atoms with Crippen LogP contribution >= 0.6 is 0 Å². The van der Waals surface area contributed by atoms with Crippen LogP contribution in [0.5, 0.6) is 0 Å². The third-order valence-corrected chi connectivity index (χ3v) is 5.05. The van der Waals surface area contributed by atoms with Gasteiger partial charge in [0.05, 0.1) is 12.5 Å². The predicted octanol–water partition coefficient (Wildman–Crippen LogP) is 1.87. The number of amides is 1. The van der Waals surface area contributed by atoms with E-state index in [4.69, 9.17) is 5.73 Å². The van der Waals surface area contributed by atoms with Crippen LogP contribution in [0, 0.1) is 13.8 Å². The number of nitrogens with zero attached hydrogens (tertiary/aromatic N) is 4. The molecule has 0 radical (unpaired) electrons. The number of nitrogens with one attached hydrogen (secondary N) is 1. The van der Waals surface area contributed by atoms with Crippen molar-refractivity contribution in [1.29, 1.82) is 0 Å². The number of carbonyl (C=O) groups is 1. The first-order valence-corrected chi connectivity index (χ1v) is 9.34. The van der Waals surface area contributed by atoms with Gasteiger partial charge in [-0.25, -0.2) is 4.98 Å². The highest BCUT2D eigenvalue weighted by atomic mass is 16.3. The van der Waals surface area contributed by atoms with E-state index in [1.807, 2.05) is 56.3 Å². The number of carbonyl (C=O) groups excluding carboxylic acids is 1. The van der Waals surface area contributed by atoms with E-state index in [2.05, 4.69) is 20.4 Å². The summed E-state index contributed by atoms with van der Waals surface area (Å²) in [6.45, 7) is 3.80. The molecule has 4 N–H and O–H groups in total. The molecule has 4 aromatic rings. The fourth-order valence-electron chi connectivity index (χ4n) is 3.45. The Labute approximate surface area is 167 Å². The van der Waals surface area contributed by atoms with E-state index in [0.717, 1.165) is 27.6 Å². The lowest BCUT2D eigenvalue weighted by Crippen LogP contribution is -2.30. The monoisotopic (exact) mass is 390 g/mol. The van der Waals surface area contributed by atoms with Gasteiger partial charge in [-0.15, -0.1) is 5.10 Å². The molecule has 2 aromatic carbocycles.